The zero-order chi connectivity index (χ0) is 31.9. The molecule has 44 heavy (non-hydrogen) atoms. The predicted molar refractivity (Wildman–Crippen MR) is 164 cm³/mol. The summed E-state index contributed by atoms with van der Waals surface area (Å²) in [6.07, 6.45) is 19.8. The van der Waals surface area contributed by atoms with E-state index < -0.39 is 12.3 Å². The van der Waals surface area contributed by atoms with Gasteiger partial charge in [0.25, 0.3) is 11.4 Å². The van der Waals surface area contributed by atoms with Crippen molar-refractivity contribution in [3.63, 3.8) is 0 Å². The van der Waals surface area contributed by atoms with E-state index in [0.29, 0.717) is 22.6 Å². The van der Waals surface area contributed by atoms with E-state index in [-0.39, 0.29) is 28.8 Å². The molecule has 3 aliphatic rings. The third kappa shape index (κ3) is 8.15. The molecule has 1 heterocycles. The van der Waals surface area contributed by atoms with E-state index in [4.69, 9.17) is 17.9 Å². The molecule has 0 aromatic rings. The van der Waals surface area contributed by atoms with Crippen LogP contribution in [-0.2, 0) is 4.74 Å². The van der Waals surface area contributed by atoms with E-state index in [0.717, 1.165) is 64.2 Å². The molecule has 3 rings (SSSR count). The lowest BCUT2D eigenvalue weighted by Gasteiger charge is -2.24. The molecule has 2 aliphatic carbocycles. The van der Waals surface area contributed by atoms with Gasteiger partial charge in [0.15, 0.2) is 5.88 Å². The Bertz CT molecular complexity index is 1520. The molecular weight excluding hydrogens is 550 g/mol. The molecule has 0 spiro atoms. The highest BCUT2D eigenvalue weighted by atomic mass is 16.6. The Morgan fingerprint density at radius 3 is 1.68 bits per heavy atom. The Balaban J connectivity index is 1.80. The van der Waals surface area contributed by atoms with Crippen molar-refractivity contribution in [2.75, 3.05) is 7.05 Å². The fourth-order valence-corrected chi connectivity index (χ4v) is 6.08. The summed E-state index contributed by atoms with van der Waals surface area (Å²) in [6, 6.07) is 7.68. The maximum absolute atomic E-state index is 10.6. The summed E-state index contributed by atoms with van der Waals surface area (Å²) in [4.78, 5) is 8.50. The number of nitrogens with zero attached hydrogens (tertiary/aromatic N) is 7. The number of rotatable bonds is 8. The van der Waals surface area contributed by atoms with Gasteiger partial charge >= 0.3 is 0 Å². The fraction of sp³-hybridized carbons (Fsp3) is 0.429. The number of likely N-dealkylation sites (N-methyl/N-ethyl adjacent to an activating group) is 1. The van der Waals surface area contributed by atoms with Crippen molar-refractivity contribution in [2.24, 2.45) is 11.8 Å². The van der Waals surface area contributed by atoms with Crippen LogP contribution < -0.4 is 0 Å². The first-order chi connectivity index (χ1) is 21.4. The topological polar surface area (TPSA) is 137 Å². The van der Waals surface area contributed by atoms with E-state index in [1.165, 1.54) is 0 Å². The first-order valence-corrected chi connectivity index (χ1v) is 14.8. The van der Waals surface area contributed by atoms with Gasteiger partial charge in [-0.25, -0.2) is 20.2 Å². The van der Waals surface area contributed by atoms with Crippen molar-refractivity contribution in [1.82, 2.24) is 4.90 Å². The van der Waals surface area contributed by atoms with Gasteiger partial charge in [-0.1, -0.05) is 62.8 Å². The summed E-state index contributed by atoms with van der Waals surface area (Å²) in [7, 11) is 1.75. The molecule has 222 valence electrons. The molecular formula is C35H35N7O2. The van der Waals surface area contributed by atoms with Crippen LogP contribution in [0.1, 0.15) is 64.2 Å². The van der Waals surface area contributed by atoms with Gasteiger partial charge in [-0.3, -0.25) is 0 Å². The number of hydrogen-bond donors (Lipinski definition) is 1. The van der Waals surface area contributed by atoms with Gasteiger partial charge in [0.05, 0.1) is 37.4 Å². The molecule has 2 unspecified atom stereocenters. The van der Waals surface area contributed by atoms with E-state index in [2.05, 4.69) is 21.8 Å². The second kappa shape index (κ2) is 17.0. The van der Waals surface area contributed by atoms with Gasteiger partial charge in [0.1, 0.15) is 6.04 Å². The monoisotopic (exact) mass is 585 g/mol. The normalized spacial score (nSPS) is 23.9. The molecule has 9 nitrogen and oxygen atoms in total. The van der Waals surface area contributed by atoms with E-state index in [1.807, 2.05) is 12.1 Å². The second-order valence-corrected chi connectivity index (χ2v) is 10.9. The summed E-state index contributed by atoms with van der Waals surface area (Å²) >= 11 is 0. The minimum absolute atomic E-state index is 0.00565. The third-order valence-electron chi connectivity index (χ3n) is 8.31. The maximum atomic E-state index is 10.6. The quantitative estimate of drug-likeness (QED) is 0.183. The van der Waals surface area contributed by atoms with Crippen LogP contribution in [0.2, 0.25) is 0 Å². The largest absolute Gasteiger partial charge is 0.447 e. The van der Waals surface area contributed by atoms with Crippen LogP contribution in [0.4, 0.5) is 0 Å². The molecule has 1 aliphatic heterocycles. The van der Waals surface area contributed by atoms with Crippen molar-refractivity contribution in [1.29, 1.82) is 21.0 Å². The Morgan fingerprint density at radius 1 is 0.773 bits per heavy atom. The average molecular weight is 586 g/mol. The van der Waals surface area contributed by atoms with Gasteiger partial charge in [-0.15, -0.1) is 0 Å². The van der Waals surface area contributed by atoms with Gasteiger partial charge in [-0.05, 0) is 66.9 Å². The first kappa shape index (κ1) is 33.2. The van der Waals surface area contributed by atoms with Crippen LogP contribution in [0, 0.1) is 70.3 Å². The Morgan fingerprint density at radius 2 is 1.25 bits per heavy atom. The molecule has 0 amide bonds. The lowest BCUT2D eigenvalue weighted by atomic mass is 9.80. The lowest BCUT2D eigenvalue weighted by molar-refractivity contribution is -0.0383. The Hall–Kier alpha value is -5.32. The summed E-state index contributed by atoms with van der Waals surface area (Å²) in [5.74, 6) is 0.382. The molecule has 0 aromatic heterocycles. The number of aliphatic hydroxyl groups is 1. The zero-order valence-electron chi connectivity index (χ0n) is 24.9. The number of ether oxygens (including phenoxy) is 1. The van der Waals surface area contributed by atoms with E-state index >= 15 is 0 Å². The van der Waals surface area contributed by atoms with Gasteiger partial charge < -0.3 is 14.7 Å². The average Bonchev–Trinajstić information content (AvgIpc) is 3.33. The standard InChI is InChI=1S/C35H35N7O2/c1-40-29(23-38)33(25-13-6-4-7-14-25)27(21-36)17-10-11-20-32-42(3)31(35(43)44-32)19-12-18-28(22-37)34(30(24-39)41-2)26-15-8-5-9-16-26/h10-12,17-20,25-26,31,35,43H,4-9,13-16H2,3H3/b11-10+,19-12+,27-17+,28-18+,32-20-,33-29+,34-30-. The highest BCUT2D eigenvalue weighted by molar-refractivity contribution is 5.54. The SMILES string of the molecule is [C-]#[N+]\C(C#N)=C(/C(C#N)=C/C=C/C1C(O)O\C(=C/C=C/C=C(C#N)/C(=C(\C#N)[N+]#[C-])C2CCCCC2)N1C)C1CCCCC1. The fourth-order valence-electron chi connectivity index (χ4n) is 6.08. The van der Waals surface area contributed by atoms with Crippen molar-refractivity contribution in [2.45, 2.75) is 76.5 Å². The van der Waals surface area contributed by atoms with Crippen molar-refractivity contribution in [3.05, 3.63) is 105 Å². The van der Waals surface area contributed by atoms with E-state index in [9.17, 15) is 26.2 Å². The summed E-state index contributed by atoms with van der Waals surface area (Å²) in [5, 5.41) is 49.4. The molecule has 2 saturated carbocycles. The molecule has 9 heteroatoms. The highest BCUT2D eigenvalue weighted by Crippen LogP contribution is 2.37. The highest BCUT2D eigenvalue weighted by Gasteiger charge is 2.33. The first-order valence-electron chi connectivity index (χ1n) is 14.8. The van der Waals surface area contributed by atoms with E-state index in [1.54, 1.807) is 54.5 Å². The molecule has 1 N–H and O–H groups in total. The predicted octanol–water partition coefficient (Wildman–Crippen LogP) is 7.04. The maximum Gasteiger partial charge on any atom is 0.266 e. The van der Waals surface area contributed by atoms with Crippen LogP contribution >= 0.6 is 0 Å². The van der Waals surface area contributed by atoms with Crippen LogP contribution in [0.5, 0.6) is 0 Å². The number of aliphatic hydroxyl groups excluding tert-OH is 1. The van der Waals surface area contributed by atoms with Gasteiger partial charge in [0, 0.05) is 18.2 Å². The number of allylic oxidation sites excluding steroid dienone is 12. The van der Waals surface area contributed by atoms with Crippen molar-refractivity contribution in [3.8, 4) is 24.3 Å². The van der Waals surface area contributed by atoms with Crippen LogP contribution in [0.15, 0.2) is 82.1 Å². The molecule has 0 radical (unpaired) electrons. The lowest BCUT2D eigenvalue weighted by Crippen LogP contribution is -2.29. The summed E-state index contributed by atoms with van der Waals surface area (Å²) in [6.45, 7) is 14.9. The molecule has 0 aromatic carbocycles. The molecule has 3 fully saturated rings. The number of hydrogen-bond acceptors (Lipinski definition) is 7. The molecule has 0 bridgehead atoms. The molecule has 2 atom stereocenters. The van der Waals surface area contributed by atoms with Crippen LogP contribution in [0.25, 0.3) is 9.69 Å². The minimum atomic E-state index is -1.18. The molecule has 1 saturated heterocycles. The Labute approximate surface area is 260 Å². The summed E-state index contributed by atoms with van der Waals surface area (Å²) in [5.41, 5.74) is 1.49. The third-order valence-corrected chi connectivity index (χ3v) is 8.31. The zero-order valence-corrected chi connectivity index (χ0v) is 24.9. The smallest absolute Gasteiger partial charge is 0.266 e. The Kier molecular flexibility index (Phi) is 12.8. The van der Waals surface area contributed by atoms with Crippen LogP contribution in [-0.4, -0.2) is 29.4 Å². The van der Waals surface area contributed by atoms with Crippen LogP contribution in [0.3, 0.4) is 0 Å². The minimum Gasteiger partial charge on any atom is -0.447 e. The van der Waals surface area contributed by atoms with Crippen molar-refractivity contribution >= 4 is 0 Å². The van der Waals surface area contributed by atoms with Crippen molar-refractivity contribution < 1.29 is 9.84 Å². The number of nitriles is 4. The van der Waals surface area contributed by atoms with Gasteiger partial charge in [0.2, 0.25) is 6.29 Å². The van der Waals surface area contributed by atoms with Gasteiger partial charge in [-0.2, -0.15) is 10.5 Å². The summed E-state index contributed by atoms with van der Waals surface area (Å²) < 4.78 is 5.62. The second-order valence-electron chi connectivity index (χ2n) is 10.9.